The molecule has 3 heteroatoms. The fourth-order valence-corrected chi connectivity index (χ4v) is 4.01. The lowest BCUT2D eigenvalue weighted by atomic mass is 10.1. The number of fused-ring (bicyclic) bond motifs is 1. The number of thioether (sulfide) groups is 1. The van der Waals surface area contributed by atoms with Crippen LogP contribution in [0.2, 0.25) is 0 Å². The highest BCUT2D eigenvalue weighted by molar-refractivity contribution is 7.99. The third kappa shape index (κ3) is 3.87. The van der Waals surface area contributed by atoms with E-state index >= 15 is 0 Å². The first kappa shape index (κ1) is 13.7. The molecule has 2 rings (SSSR count). The van der Waals surface area contributed by atoms with Crippen LogP contribution in [0.25, 0.3) is 0 Å². The zero-order chi connectivity index (χ0) is 12.1. The average Bonchev–Trinajstić information content (AvgIpc) is 2.66. The van der Waals surface area contributed by atoms with E-state index in [1.54, 1.807) is 0 Å². The molecule has 0 radical (unpaired) electrons. The third-order valence-electron chi connectivity index (χ3n) is 4.34. The zero-order valence-electron chi connectivity index (χ0n) is 11.5. The molecule has 0 spiro atoms. The molecular formula is C14H28N2S. The number of hydrogen-bond acceptors (Lipinski definition) is 3. The lowest BCUT2D eigenvalue weighted by molar-refractivity contribution is 0.179. The van der Waals surface area contributed by atoms with E-state index in [-0.39, 0.29) is 0 Å². The van der Waals surface area contributed by atoms with Gasteiger partial charge < -0.3 is 0 Å². The first-order valence-electron chi connectivity index (χ1n) is 7.37. The molecule has 0 aliphatic carbocycles. The number of rotatable bonds is 5. The van der Waals surface area contributed by atoms with Crippen molar-refractivity contribution in [3.8, 4) is 0 Å². The summed E-state index contributed by atoms with van der Waals surface area (Å²) in [6.07, 6.45) is 5.61. The molecule has 2 atom stereocenters. The van der Waals surface area contributed by atoms with Crippen molar-refractivity contribution in [2.75, 3.05) is 37.7 Å². The maximum absolute atomic E-state index is 2.76. The fourth-order valence-electron chi connectivity index (χ4n) is 3.22. The van der Waals surface area contributed by atoms with E-state index in [1.807, 2.05) is 0 Å². The number of nitrogens with zero attached hydrogens (tertiary/aromatic N) is 2. The van der Waals surface area contributed by atoms with E-state index in [1.165, 1.54) is 63.4 Å². The molecule has 0 N–H and O–H groups in total. The van der Waals surface area contributed by atoms with Crippen LogP contribution in [-0.4, -0.2) is 59.6 Å². The van der Waals surface area contributed by atoms with Crippen molar-refractivity contribution in [3.63, 3.8) is 0 Å². The van der Waals surface area contributed by atoms with Gasteiger partial charge in [-0.25, -0.2) is 0 Å². The summed E-state index contributed by atoms with van der Waals surface area (Å²) in [7, 11) is 0. The molecule has 0 aromatic heterocycles. The minimum Gasteiger partial charge on any atom is -0.299 e. The molecule has 100 valence electrons. The van der Waals surface area contributed by atoms with Crippen molar-refractivity contribution < 1.29 is 0 Å². The molecule has 0 aromatic rings. The second-order valence-corrected chi connectivity index (χ2v) is 6.91. The first-order chi connectivity index (χ1) is 8.31. The lowest BCUT2D eigenvalue weighted by Crippen LogP contribution is -2.41. The molecule has 2 aliphatic heterocycles. The maximum Gasteiger partial charge on any atom is 0.0223 e. The Morgan fingerprint density at radius 1 is 1.24 bits per heavy atom. The van der Waals surface area contributed by atoms with Crippen LogP contribution in [0.5, 0.6) is 0 Å². The summed E-state index contributed by atoms with van der Waals surface area (Å²) in [5.41, 5.74) is 0. The van der Waals surface area contributed by atoms with Crippen LogP contribution in [0.1, 0.15) is 39.5 Å². The Balaban J connectivity index is 1.79. The van der Waals surface area contributed by atoms with Gasteiger partial charge in [-0.3, -0.25) is 9.80 Å². The van der Waals surface area contributed by atoms with Gasteiger partial charge in [0.15, 0.2) is 0 Å². The number of hydrogen-bond donors (Lipinski definition) is 0. The van der Waals surface area contributed by atoms with Gasteiger partial charge >= 0.3 is 0 Å². The summed E-state index contributed by atoms with van der Waals surface area (Å²) in [5, 5.41) is 0. The van der Waals surface area contributed by atoms with Crippen molar-refractivity contribution in [1.82, 2.24) is 9.80 Å². The molecule has 0 bridgehead atoms. The predicted molar refractivity (Wildman–Crippen MR) is 77.9 cm³/mol. The zero-order valence-corrected chi connectivity index (χ0v) is 12.3. The first-order valence-corrected chi connectivity index (χ1v) is 8.52. The summed E-state index contributed by atoms with van der Waals surface area (Å²) < 4.78 is 0. The summed E-state index contributed by atoms with van der Waals surface area (Å²) in [4.78, 5) is 5.49. The summed E-state index contributed by atoms with van der Waals surface area (Å²) >= 11 is 2.09. The van der Waals surface area contributed by atoms with Crippen molar-refractivity contribution in [3.05, 3.63) is 0 Å². The highest BCUT2D eigenvalue weighted by atomic mass is 32.2. The predicted octanol–water partition coefficient (Wildman–Crippen LogP) is 2.69. The molecule has 2 nitrogen and oxygen atoms in total. The van der Waals surface area contributed by atoms with Gasteiger partial charge in [-0.1, -0.05) is 6.92 Å². The summed E-state index contributed by atoms with van der Waals surface area (Å²) in [6.45, 7) is 10.1. The lowest BCUT2D eigenvalue weighted by Gasteiger charge is -2.30. The van der Waals surface area contributed by atoms with E-state index in [9.17, 15) is 0 Å². The highest BCUT2D eigenvalue weighted by Gasteiger charge is 2.29. The Kier molecular flexibility index (Phi) is 5.64. The third-order valence-corrected chi connectivity index (χ3v) is 5.28. The Morgan fingerprint density at radius 2 is 2.06 bits per heavy atom. The Hall–Kier alpha value is 0.270. The normalized spacial score (nSPS) is 28.9. The van der Waals surface area contributed by atoms with Crippen molar-refractivity contribution in [2.24, 2.45) is 0 Å². The maximum atomic E-state index is 2.76. The smallest absolute Gasteiger partial charge is 0.0223 e. The van der Waals surface area contributed by atoms with Crippen molar-refractivity contribution >= 4 is 11.8 Å². The van der Waals surface area contributed by atoms with Gasteiger partial charge in [-0.15, -0.1) is 0 Å². The Labute approximate surface area is 111 Å². The Morgan fingerprint density at radius 3 is 2.88 bits per heavy atom. The van der Waals surface area contributed by atoms with E-state index in [2.05, 4.69) is 35.4 Å². The topological polar surface area (TPSA) is 6.48 Å². The van der Waals surface area contributed by atoms with Crippen LogP contribution < -0.4 is 0 Å². The van der Waals surface area contributed by atoms with Crippen molar-refractivity contribution in [2.45, 2.75) is 51.6 Å². The monoisotopic (exact) mass is 256 g/mol. The van der Waals surface area contributed by atoms with Crippen LogP contribution in [0, 0.1) is 0 Å². The van der Waals surface area contributed by atoms with Crippen LogP contribution in [-0.2, 0) is 0 Å². The highest BCUT2D eigenvalue weighted by Crippen LogP contribution is 2.23. The van der Waals surface area contributed by atoms with E-state index in [0.29, 0.717) is 0 Å². The van der Waals surface area contributed by atoms with Crippen LogP contribution in [0.15, 0.2) is 0 Å². The second-order valence-electron chi connectivity index (χ2n) is 5.52. The minimum atomic E-state index is 0.787. The van der Waals surface area contributed by atoms with Crippen LogP contribution in [0.4, 0.5) is 0 Å². The molecular weight excluding hydrogens is 228 g/mol. The molecule has 0 amide bonds. The second kappa shape index (κ2) is 7.01. The average molecular weight is 256 g/mol. The molecule has 2 aliphatic rings. The van der Waals surface area contributed by atoms with Crippen molar-refractivity contribution in [1.29, 1.82) is 0 Å². The van der Waals surface area contributed by atoms with Gasteiger partial charge in [-0.2, -0.15) is 11.8 Å². The molecule has 2 unspecified atom stereocenters. The fraction of sp³-hybridized carbons (Fsp3) is 1.00. The standard InChI is InChI=1S/C14H28N2S/c1-3-17-11-7-13(2)16-10-5-9-15-8-4-6-14(15)12-16/h13-14H,3-12H2,1-2H3. The van der Waals surface area contributed by atoms with Gasteiger partial charge in [0.1, 0.15) is 0 Å². The Bertz CT molecular complexity index is 222. The van der Waals surface area contributed by atoms with Crippen LogP contribution in [0.3, 0.4) is 0 Å². The van der Waals surface area contributed by atoms with E-state index < -0.39 is 0 Å². The molecule has 2 saturated heterocycles. The van der Waals surface area contributed by atoms with Gasteiger partial charge in [-0.05, 0) is 63.7 Å². The summed E-state index contributed by atoms with van der Waals surface area (Å²) in [6, 6.07) is 1.66. The van der Waals surface area contributed by atoms with E-state index in [0.717, 1.165) is 12.1 Å². The molecule has 0 saturated carbocycles. The van der Waals surface area contributed by atoms with Gasteiger partial charge in [0.2, 0.25) is 0 Å². The summed E-state index contributed by atoms with van der Waals surface area (Å²) in [5.74, 6) is 2.60. The largest absolute Gasteiger partial charge is 0.299 e. The molecule has 17 heavy (non-hydrogen) atoms. The quantitative estimate of drug-likeness (QED) is 0.698. The SMILES string of the molecule is CCSCCC(C)N1CCCN2CCCC2C1. The van der Waals surface area contributed by atoms with Gasteiger partial charge in [0.25, 0.3) is 0 Å². The van der Waals surface area contributed by atoms with Crippen LogP contribution >= 0.6 is 11.8 Å². The minimum absolute atomic E-state index is 0.787. The van der Waals surface area contributed by atoms with Gasteiger partial charge in [0, 0.05) is 18.6 Å². The molecule has 0 aromatic carbocycles. The molecule has 2 fully saturated rings. The van der Waals surface area contributed by atoms with E-state index in [4.69, 9.17) is 0 Å². The molecule has 2 heterocycles. The van der Waals surface area contributed by atoms with Gasteiger partial charge in [0.05, 0.1) is 0 Å².